The molecule has 0 bridgehead atoms. The van der Waals surface area contributed by atoms with Crippen molar-refractivity contribution in [1.29, 1.82) is 0 Å². The van der Waals surface area contributed by atoms with Crippen molar-refractivity contribution in [1.82, 2.24) is 0 Å². The first-order valence-electron chi connectivity index (χ1n) is 7.80. The van der Waals surface area contributed by atoms with Crippen molar-refractivity contribution in [3.63, 3.8) is 0 Å². The van der Waals surface area contributed by atoms with Crippen LogP contribution in [0.2, 0.25) is 5.02 Å². The van der Waals surface area contributed by atoms with Crippen molar-refractivity contribution in [3.05, 3.63) is 74.1 Å². The Hall–Kier alpha value is -2.80. The number of carbonyl (C=O) groups excluding carboxylic acids is 1. The third-order valence-electron chi connectivity index (χ3n) is 4.17. The summed E-state index contributed by atoms with van der Waals surface area (Å²) in [4.78, 5) is 24.6. The number of halogens is 4. The number of amides is 1. The number of rotatable bonds is 2. The number of hydrogen-bond donors (Lipinski definition) is 1. The molecule has 3 aromatic rings. The van der Waals surface area contributed by atoms with Gasteiger partial charge in [-0.2, -0.15) is 13.2 Å². The summed E-state index contributed by atoms with van der Waals surface area (Å²) in [6.45, 7) is 3.57. The summed E-state index contributed by atoms with van der Waals surface area (Å²) in [7, 11) is 0. The summed E-state index contributed by atoms with van der Waals surface area (Å²) in [5.74, 6) is -1.14. The maximum Gasteiger partial charge on any atom is 0.417 e. The third kappa shape index (κ3) is 3.68. The molecule has 140 valence electrons. The van der Waals surface area contributed by atoms with Crippen molar-refractivity contribution in [2.75, 3.05) is 5.32 Å². The molecule has 0 saturated heterocycles. The van der Waals surface area contributed by atoms with Gasteiger partial charge in [0, 0.05) is 11.8 Å². The summed E-state index contributed by atoms with van der Waals surface area (Å²) < 4.78 is 44.4. The number of fused-ring (bicyclic) bond motifs is 1. The second kappa shape index (κ2) is 6.74. The van der Waals surface area contributed by atoms with Crippen molar-refractivity contribution in [2.45, 2.75) is 20.0 Å². The molecule has 0 radical (unpaired) electrons. The summed E-state index contributed by atoms with van der Waals surface area (Å²) in [6, 6.07) is 7.34. The van der Waals surface area contributed by atoms with Gasteiger partial charge in [-0.3, -0.25) is 9.59 Å². The van der Waals surface area contributed by atoms with Gasteiger partial charge in [0.1, 0.15) is 5.58 Å². The predicted octanol–water partition coefficient (Wildman–Crippen LogP) is 5.33. The molecule has 0 aliphatic carbocycles. The lowest BCUT2D eigenvalue weighted by molar-refractivity contribution is -0.137. The first-order chi connectivity index (χ1) is 12.6. The van der Waals surface area contributed by atoms with E-state index in [0.717, 1.165) is 23.8 Å². The Kier molecular flexibility index (Phi) is 4.73. The Morgan fingerprint density at radius 2 is 1.81 bits per heavy atom. The van der Waals surface area contributed by atoms with E-state index in [1.165, 1.54) is 6.07 Å². The van der Waals surface area contributed by atoms with Gasteiger partial charge < -0.3 is 9.73 Å². The summed E-state index contributed by atoms with van der Waals surface area (Å²) >= 11 is 5.56. The van der Waals surface area contributed by atoms with Crippen molar-refractivity contribution in [2.24, 2.45) is 0 Å². The van der Waals surface area contributed by atoms with Crippen LogP contribution in [0.25, 0.3) is 11.0 Å². The van der Waals surface area contributed by atoms with Crippen LogP contribution >= 0.6 is 11.6 Å². The zero-order valence-electron chi connectivity index (χ0n) is 14.2. The second-order valence-electron chi connectivity index (χ2n) is 6.01. The van der Waals surface area contributed by atoms with Crippen molar-refractivity contribution >= 4 is 34.2 Å². The molecular formula is C19H13ClF3NO3. The van der Waals surface area contributed by atoms with Crippen LogP contribution in [0.3, 0.4) is 0 Å². The molecule has 8 heteroatoms. The molecule has 1 heterocycles. The Morgan fingerprint density at radius 1 is 1.11 bits per heavy atom. The van der Waals surface area contributed by atoms with Crippen LogP contribution in [0.4, 0.5) is 18.9 Å². The summed E-state index contributed by atoms with van der Waals surface area (Å²) in [5, 5.41) is 2.13. The first-order valence-corrected chi connectivity index (χ1v) is 8.18. The molecule has 1 aromatic heterocycles. The molecule has 2 aromatic carbocycles. The molecule has 0 aliphatic rings. The van der Waals surface area contributed by atoms with Gasteiger partial charge in [-0.05, 0) is 49.2 Å². The minimum Gasteiger partial charge on any atom is -0.450 e. The number of benzene rings is 2. The van der Waals surface area contributed by atoms with E-state index in [1.54, 1.807) is 19.1 Å². The van der Waals surface area contributed by atoms with E-state index in [4.69, 9.17) is 16.0 Å². The number of alkyl halides is 3. The van der Waals surface area contributed by atoms with E-state index in [9.17, 15) is 22.8 Å². The van der Waals surface area contributed by atoms with E-state index in [1.807, 2.05) is 6.92 Å². The molecule has 0 atom stereocenters. The Morgan fingerprint density at radius 3 is 2.48 bits per heavy atom. The Labute approximate surface area is 156 Å². The molecule has 1 N–H and O–H groups in total. The largest absolute Gasteiger partial charge is 0.450 e. The molecule has 0 aliphatic heterocycles. The lowest BCUT2D eigenvalue weighted by atomic mass is 10.1. The van der Waals surface area contributed by atoms with E-state index < -0.39 is 28.1 Å². The topological polar surface area (TPSA) is 59.3 Å². The van der Waals surface area contributed by atoms with Gasteiger partial charge in [0.05, 0.1) is 16.0 Å². The monoisotopic (exact) mass is 395 g/mol. The Bertz CT molecular complexity index is 1120. The molecule has 4 nitrogen and oxygen atoms in total. The lowest BCUT2D eigenvalue weighted by Gasteiger charge is -2.12. The van der Waals surface area contributed by atoms with Crippen LogP contribution < -0.4 is 10.7 Å². The van der Waals surface area contributed by atoms with E-state index in [2.05, 4.69) is 5.32 Å². The van der Waals surface area contributed by atoms with Gasteiger partial charge >= 0.3 is 6.18 Å². The van der Waals surface area contributed by atoms with Crippen LogP contribution in [-0.4, -0.2) is 5.91 Å². The first kappa shape index (κ1) is 19.0. The highest BCUT2D eigenvalue weighted by Crippen LogP contribution is 2.36. The lowest BCUT2D eigenvalue weighted by Crippen LogP contribution is -2.16. The predicted molar refractivity (Wildman–Crippen MR) is 96.4 cm³/mol. The minimum atomic E-state index is -4.66. The smallest absolute Gasteiger partial charge is 0.417 e. The Balaban J connectivity index is 2.00. The van der Waals surface area contributed by atoms with Crippen molar-refractivity contribution in [3.8, 4) is 0 Å². The normalized spacial score (nSPS) is 11.6. The molecular weight excluding hydrogens is 383 g/mol. The number of anilines is 1. The van der Waals surface area contributed by atoms with Crippen LogP contribution in [0.1, 0.15) is 27.2 Å². The molecule has 0 saturated carbocycles. The van der Waals surface area contributed by atoms with Gasteiger partial charge in [0.2, 0.25) is 0 Å². The van der Waals surface area contributed by atoms with Gasteiger partial charge in [-0.15, -0.1) is 0 Å². The highest BCUT2D eigenvalue weighted by molar-refractivity contribution is 6.31. The fraction of sp³-hybridized carbons (Fsp3) is 0.158. The molecule has 1 amide bonds. The standard InChI is InChI=1S/C19H13ClF3NO3/c1-9-3-5-12-15(25)8-16(27-17(12)10(9)2)18(26)24-11-4-6-14(20)13(7-11)19(21,22)23/h3-8H,1-2H3,(H,24,26). The van der Waals surface area contributed by atoms with Gasteiger partial charge in [0.15, 0.2) is 11.2 Å². The molecule has 3 rings (SSSR count). The zero-order valence-corrected chi connectivity index (χ0v) is 15.0. The van der Waals surface area contributed by atoms with Crippen molar-refractivity contribution < 1.29 is 22.4 Å². The fourth-order valence-corrected chi connectivity index (χ4v) is 2.80. The number of hydrogen-bond acceptors (Lipinski definition) is 3. The molecule has 0 spiro atoms. The average molecular weight is 396 g/mol. The van der Waals surface area contributed by atoms with Crippen LogP contribution in [-0.2, 0) is 6.18 Å². The van der Waals surface area contributed by atoms with Crippen LogP contribution in [0, 0.1) is 13.8 Å². The SMILES string of the molecule is Cc1ccc2c(=O)cc(C(=O)Nc3ccc(Cl)c(C(F)(F)F)c3)oc2c1C. The summed E-state index contributed by atoms with van der Waals surface area (Å²) in [6.07, 6.45) is -4.66. The van der Waals surface area contributed by atoms with E-state index >= 15 is 0 Å². The quantitative estimate of drug-likeness (QED) is 0.637. The van der Waals surface area contributed by atoms with Gasteiger partial charge in [0.25, 0.3) is 5.91 Å². The molecule has 0 fully saturated rings. The minimum absolute atomic E-state index is 0.125. The maximum absolute atomic E-state index is 12.9. The summed E-state index contributed by atoms with van der Waals surface area (Å²) in [5.41, 5.74) is 0.214. The average Bonchev–Trinajstić information content (AvgIpc) is 2.59. The molecule has 27 heavy (non-hydrogen) atoms. The van der Waals surface area contributed by atoms with E-state index in [-0.39, 0.29) is 17.0 Å². The number of nitrogens with one attached hydrogen (secondary N) is 1. The second-order valence-corrected chi connectivity index (χ2v) is 6.41. The zero-order chi connectivity index (χ0) is 19.9. The number of aryl methyl sites for hydroxylation is 2. The van der Waals surface area contributed by atoms with Gasteiger partial charge in [-0.25, -0.2) is 0 Å². The highest BCUT2D eigenvalue weighted by atomic mass is 35.5. The number of carbonyl (C=O) groups is 1. The van der Waals surface area contributed by atoms with Gasteiger partial charge in [-0.1, -0.05) is 17.7 Å². The molecule has 0 unspecified atom stereocenters. The van der Waals surface area contributed by atoms with Crippen LogP contribution in [0.5, 0.6) is 0 Å². The maximum atomic E-state index is 12.9. The fourth-order valence-electron chi connectivity index (χ4n) is 2.58. The van der Waals surface area contributed by atoms with Crippen LogP contribution in [0.15, 0.2) is 45.6 Å². The third-order valence-corrected chi connectivity index (χ3v) is 4.50. The highest BCUT2D eigenvalue weighted by Gasteiger charge is 2.33. The van der Waals surface area contributed by atoms with E-state index in [0.29, 0.717) is 10.9 Å².